The highest BCUT2D eigenvalue weighted by Gasteiger charge is 2.84. The molecule has 3 aliphatic rings. The van der Waals surface area contributed by atoms with Crippen molar-refractivity contribution in [3.63, 3.8) is 0 Å². The lowest BCUT2D eigenvalue weighted by molar-refractivity contribution is -0.166. The number of halogens is 3. The third-order valence-electron chi connectivity index (χ3n) is 5.02. The van der Waals surface area contributed by atoms with Gasteiger partial charge in [0.25, 0.3) is 0 Å². The maximum absolute atomic E-state index is 12.9. The average molecular weight is 261 g/mol. The molecule has 18 heavy (non-hydrogen) atoms. The topological polar surface area (TPSA) is 49.3 Å². The Labute approximate surface area is 102 Å². The maximum atomic E-state index is 12.9. The highest BCUT2D eigenvalue weighted by molar-refractivity contribution is 5.77. The van der Waals surface area contributed by atoms with Crippen LogP contribution in [0.1, 0.15) is 26.7 Å². The predicted octanol–water partition coefficient (Wildman–Crippen LogP) is 1.73. The quantitative estimate of drug-likeness (QED) is 0.755. The Kier molecular flexibility index (Phi) is 1.95. The molecule has 2 bridgehead atoms. The van der Waals surface area contributed by atoms with Gasteiger partial charge in [-0.05, 0) is 18.4 Å². The van der Waals surface area contributed by atoms with Crippen LogP contribution in [0.25, 0.3) is 0 Å². The van der Waals surface area contributed by atoms with Gasteiger partial charge in [0.15, 0.2) is 0 Å². The fourth-order valence-corrected chi connectivity index (χ4v) is 4.07. The van der Waals surface area contributed by atoms with Gasteiger partial charge in [-0.25, -0.2) is 0 Å². The number of nitrogens with one attached hydrogen (secondary N) is 1. The molecular formula is C12H14F3NO2. The lowest BCUT2D eigenvalue weighted by Gasteiger charge is -2.26. The lowest BCUT2D eigenvalue weighted by Crippen LogP contribution is -2.37. The van der Waals surface area contributed by atoms with Crippen LogP contribution in [0.5, 0.6) is 0 Å². The Morgan fingerprint density at radius 1 is 1.50 bits per heavy atom. The van der Waals surface area contributed by atoms with Gasteiger partial charge in [-0.3, -0.25) is 4.79 Å². The van der Waals surface area contributed by atoms with Gasteiger partial charge in [0, 0.05) is 18.3 Å². The summed E-state index contributed by atoms with van der Waals surface area (Å²) >= 11 is 0. The first-order valence-electron chi connectivity index (χ1n) is 5.95. The molecule has 4 unspecified atom stereocenters. The van der Waals surface area contributed by atoms with Crippen LogP contribution in [0.3, 0.4) is 0 Å². The van der Waals surface area contributed by atoms with Crippen LogP contribution >= 0.6 is 0 Å². The number of amides is 1. The first-order valence-corrected chi connectivity index (χ1v) is 5.95. The summed E-state index contributed by atoms with van der Waals surface area (Å²) in [7, 11) is 0. The average Bonchev–Trinajstić information content (AvgIpc) is 2.60. The van der Waals surface area contributed by atoms with Crippen molar-refractivity contribution in [2.45, 2.75) is 38.5 Å². The van der Waals surface area contributed by atoms with E-state index in [1.807, 2.05) is 0 Å². The first-order chi connectivity index (χ1) is 8.14. The van der Waals surface area contributed by atoms with Crippen molar-refractivity contribution in [3.05, 3.63) is 11.3 Å². The number of hydrogen-bond donors (Lipinski definition) is 2. The highest BCUT2D eigenvalue weighted by atomic mass is 19.4. The molecule has 1 amide bonds. The van der Waals surface area contributed by atoms with Crippen LogP contribution in [-0.2, 0) is 4.79 Å². The molecule has 0 aliphatic heterocycles. The summed E-state index contributed by atoms with van der Waals surface area (Å²) < 4.78 is 38.8. The van der Waals surface area contributed by atoms with Gasteiger partial charge in [0.05, 0.1) is 11.6 Å². The number of hydrogen-bond acceptors (Lipinski definition) is 2. The fraction of sp³-hybridized carbons (Fsp3) is 0.750. The zero-order chi connectivity index (χ0) is 13.5. The summed E-state index contributed by atoms with van der Waals surface area (Å²) in [4.78, 5) is 11.1. The Balaban J connectivity index is 2.05. The smallest absolute Gasteiger partial charge is 0.383 e. The largest absolute Gasteiger partial charge is 0.395 e. The summed E-state index contributed by atoms with van der Waals surface area (Å²) in [5, 5.41) is 12.9. The van der Waals surface area contributed by atoms with Crippen LogP contribution < -0.4 is 5.32 Å². The fourth-order valence-electron chi connectivity index (χ4n) is 4.07. The molecule has 4 atom stereocenters. The number of carbonyl (C=O) groups excluding carboxylic acids is 1. The Morgan fingerprint density at radius 2 is 2.11 bits per heavy atom. The first kappa shape index (κ1) is 12.0. The normalized spacial score (nSPS) is 45.2. The van der Waals surface area contributed by atoms with E-state index in [-0.39, 0.29) is 30.0 Å². The van der Waals surface area contributed by atoms with Crippen LogP contribution in [-0.4, -0.2) is 22.8 Å². The predicted molar refractivity (Wildman–Crippen MR) is 56.2 cm³/mol. The Bertz CT molecular complexity index is 484. The third-order valence-corrected chi connectivity index (χ3v) is 5.02. The molecule has 2 N–H and O–H groups in total. The van der Waals surface area contributed by atoms with E-state index < -0.39 is 29.0 Å². The van der Waals surface area contributed by atoms with Crippen molar-refractivity contribution < 1.29 is 23.1 Å². The van der Waals surface area contributed by atoms with Gasteiger partial charge in [-0.15, -0.1) is 0 Å². The highest BCUT2D eigenvalue weighted by Crippen LogP contribution is 2.80. The molecule has 100 valence electrons. The molecule has 3 aliphatic carbocycles. The van der Waals surface area contributed by atoms with Crippen molar-refractivity contribution in [1.82, 2.24) is 5.32 Å². The molecule has 0 radical (unpaired) electrons. The number of aliphatic hydroxyl groups is 1. The van der Waals surface area contributed by atoms with Gasteiger partial charge < -0.3 is 10.4 Å². The monoisotopic (exact) mass is 261 g/mol. The van der Waals surface area contributed by atoms with E-state index in [9.17, 15) is 23.1 Å². The molecule has 1 spiro atoms. The Morgan fingerprint density at radius 3 is 2.56 bits per heavy atom. The minimum absolute atomic E-state index is 0.0490. The molecule has 0 aromatic heterocycles. The van der Waals surface area contributed by atoms with Crippen molar-refractivity contribution >= 4 is 5.91 Å². The third kappa shape index (κ3) is 1.08. The van der Waals surface area contributed by atoms with Crippen molar-refractivity contribution in [2.24, 2.45) is 17.3 Å². The zero-order valence-electron chi connectivity index (χ0n) is 10.1. The second-order valence-electron chi connectivity index (χ2n) is 5.70. The van der Waals surface area contributed by atoms with E-state index in [1.54, 1.807) is 6.92 Å². The van der Waals surface area contributed by atoms with Gasteiger partial charge in [0.1, 0.15) is 5.60 Å². The summed E-state index contributed by atoms with van der Waals surface area (Å²) in [5.74, 6) is -2.17. The standard InChI is InChI=1S/C12H14F3NO2/c1-5-10-3-7(8(4-10)12(13,14)15)9(11(5,10)18)16-6(2)17/h5,8,18H,3-4H2,1-2H3,(H,16,17). The molecule has 0 aromatic carbocycles. The van der Waals surface area contributed by atoms with Gasteiger partial charge >= 0.3 is 6.18 Å². The van der Waals surface area contributed by atoms with Crippen LogP contribution in [0, 0.1) is 17.3 Å². The van der Waals surface area contributed by atoms with Crippen LogP contribution in [0.15, 0.2) is 11.3 Å². The summed E-state index contributed by atoms with van der Waals surface area (Å²) in [6.07, 6.45) is -4.09. The lowest BCUT2D eigenvalue weighted by atomic mass is 9.91. The molecule has 0 aromatic rings. The molecule has 0 heterocycles. The Hall–Kier alpha value is -1.04. The van der Waals surface area contributed by atoms with E-state index in [1.165, 1.54) is 6.92 Å². The van der Waals surface area contributed by atoms with E-state index in [0.717, 1.165) is 0 Å². The van der Waals surface area contributed by atoms with Gasteiger partial charge in [-0.1, -0.05) is 6.92 Å². The molecule has 3 nitrogen and oxygen atoms in total. The zero-order valence-corrected chi connectivity index (χ0v) is 10.1. The van der Waals surface area contributed by atoms with Crippen LogP contribution in [0.4, 0.5) is 13.2 Å². The van der Waals surface area contributed by atoms with Crippen molar-refractivity contribution in [1.29, 1.82) is 0 Å². The van der Waals surface area contributed by atoms with Gasteiger partial charge in [-0.2, -0.15) is 13.2 Å². The van der Waals surface area contributed by atoms with Crippen molar-refractivity contribution in [3.8, 4) is 0 Å². The van der Waals surface area contributed by atoms with E-state index in [0.29, 0.717) is 0 Å². The van der Waals surface area contributed by atoms with Crippen LogP contribution in [0.2, 0.25) is 0 Å². The van der Waals surface area contributed by atoms with E-state index >= 15 is 0 Å². The molecule has 6 heteroatoms. The molecule has 3 rings (SSSR count). The number of carbonyl (C=O) groups is 1. The molecular weight excluding hydrogens is 247 g/mol. The molecule has 2 fully saturated rings. The summed E-state index contributed by atoms with van der Waals surface area (Å²) in [6.45, 7) is 2.99. The summed E-state index contributed by atoms with van der Waals surface area (Å²) in [5.41, 5.74) is -1.63. The van der Waals surface area contributed by atoms with E-state index in [4.69, 9.17) is 0 Å². The van der Waals surface area contributed by atoms with E-state index in [2.05, 4.69) is 5.32 Å². The SMILES string of the molecule is CC(=O)NC1=C2CC3(CC2C(F)(F)F)C(C)C13O. The number of alkyl halides is 3. The second kappa shape index (κ2) is 2.92. The maximum Gasteiger partial charge on any atom is 0.395 e. The molecule has 0 saturated heterocycles. The van der Waals surface area contributed by atoms with Gasteiger partial charge in [0.2, 0.25) is 5.91 Å². The minimum atomic E-state index is -4.30. The number of rotatable bonds is 1. The molecule has 2 saturated carbocycles. The number of fused-ring (bicyclic) bond motifs is 1. The second-order valence-corrected chi connectivity index (χ2v) is 5.70. The summed E-state index contributed by atoms with van der Waals surface area (Å²) in [6, 6.07) is 0. The van der Waals surface area contributed by atoms with Crippen molar-refractivity contribution in [2.75, 3.05) is 0 Å². The number of allylic oxidation sites excluding steroid dienone is 1. The minimum Gasteiger partial charge on any atom is -0.383 e.